The van der Waals surface area contributed by atoms with Crippen molar-refractivity contribution in [3.63, 3.8) is 0 Å². The lowest BCUT2D eigenvalue weighted by Crippen LogP contribution is -2.33. The van der Waals surface area contributed by atoms with Crippen LogP contribution in [0.5, 0.6) is 0 Å². The summed E-state index contributed by atoms with van der Waals surface area (Å²) in [4.78, 5) is 13.8. The molecule has 1 aliphatic heterocycles. The van der Waals surface area contributed by atoms with Crippen molar-refractivity contribution in [1.82, 2.24) is 0 Å². The molecule has 0 spiro atoms. The average Bonchev–Trinajstić information content (AvgIpc) is 2.27. The number of carbonyl (C=O) groups excluding carboxylic acids is 1. The van der Waals surface area contributed by atoms with Gasteiger partial charge in [-0.25, -0.2) is 0 Å². The van der Waals surface area contributed by atoms with Gasteiger partial charge in [0, 0.05) is 27.2 Å². The minimum Gasteiger partial charge on any atom is -0.314 e. The number of fused-ring (bicyclic) bond motifs is 1. The molecule has 0 radical (unpaired) electrons. The van der Waals surface area contributed by atoms with Crippen LogP contribution in [0, 0.1) is 0 Å². The van der Waals surface area contributed by atoms with Crippen molar-refractivity contribution in [2.24, 2.45) is 0 Å². The lowest BCUT2D eigenvalue weighted by Gasteiger charge is -2.17. The summed E-state index contributed by atoms with van der Waals surface area (Å²) in [6.07, 6.45) is 0. The Morgan fingerprint density at radius 2 is 1.87 bits per heavy atom. The van der Waals surface area contributed by atoms with Gasteiger partial charge in [-0.15, -0.1) is 0 Å². The molecule has 0 unspecified atom stereocenters. The van der Waals surface area contributed by atoms with Crippen molar-refractivity contribution >= 4 is 43.5 Å². The Morgan fingerprint density at radius 3 is 2.47 bits per heavy atom. The molecule has 0 saturated carbocycles. The molecular formula is C11H11Br2NO. The highest BCUT2D eigenvalue weighted by molar-refractivity contribution is 9.11. The standard InChI is InChI=1S/C11H11Br2NO/c1-11(2)9-7(13)4-6(12)5-8(9)14(3)10(11)15/h4-5H,1-3H3. The number of likely N-dealkylation sites (N-methyl/N-ethyl adjacent to an activating group) is 1. The van der Waals surface area contributed by atoms with E-state index in [1.807, 2.05) is 33.0 Å². The molecule has 0 fully saturated rings. The van der Waals surface area contributed by atoms with Crippen LogP contribution in [0.1, 0.15) is 19.4 Å². The third-order valence-electron chi connectivity index (χ3n) is 2.86. The Kier molecular flexibility index (Phi) is 2.47. The fourth-order valence-corrected chi connectivity index (χ4v) is 3.78. The van der Waals surface area contributed by atoms with Crippen LogP contribution in [0.25, 0.3) is 0 Å². The summed E-state index contributed by atoms with van der Waals surface area (Å²) >= 11 is 6.95. The maximum atomic E-state index is 12.0. The number of nitrogens with zero attached hydrogens (tertiary/aromatic N) is 1. The largest absolute Gasteiger partial charge is 0.314 e. The minimum absolute atomic E-state index is 0.135. The summed E-state index contributed by atoms with van der Waals surface area (Å²) in [6, 6.07) is 3.96. The first kappa shape index (κ1) is 11.1. The number of anilines is 1. The molecule has 80 valence electrons. The van der Waals surface area contributed by atoms with Gasteiger partial charge in [0.2, 0.25) is 5.91 Å². The summed E-state index contributed by atoms with van der Waals surface area (Å²) < 4.78 is 1.96. The molecule has 2 rings (SSSR count). The van der Waals surface area contributed by atoms with E-state index in [1.54, 1.807) is 4.90 Å². The number of hydrogen-bond donors (Lipinski definition) is 0. The third-order valence-corrected chi connectivity index (χ3v) is 3.94. The first-order valence-electron chi connectivity index (χ1n) is 4.63. The van der Waals surface area contributed by atoms with E-state index in [4.69, 9.17) is 0 Å². The zero-order chi connectivity index (χ0) is 11.4. The van der Waals surface area contributed by atoms with E-state index in [0.717, 1.165) is 20.2 Å². The molecule has 1 aromatic carbocycles. The van der Waals surface area contributed by atoms with Crippen molar-refractivity contribution in [1.29, 1.82) is 0 Å². The van der Waals surface area contributed by atoms with E-state index in [-0.39, 0.29) is 5.91 Å². The first-order chi connectivity index (χ1) is 6.85. The van der Waals surface area contributed by atoms with Gasteiger partial charge in [-0.05, 0) is 26.0 Å². The second kappa shape index (κ2) is 3.32. The average molecular weight is 333 g/mol. The van der Waals surface area contributed by atoms with E-state index in [2.05, 4.69) is 31.9 Å². The Balaban J connectivity index is 2.77. The SMILES string of the molecule is CN1C(=O)C(C)(C)c2c(Br)cc(Br)cc21. The smallest absolute Gasteiger partial charge is 0.236 e. The maximum Gasteiger partial charge on any atom is 0.236 e. The molecule has 0 atom stereocenters. The summed E-state index contributed by atoms with van der Waals surface area (Å²) in [7, 11) is 1.81. The summed E-state index contributed by atoms with van der Waals surface area (Å²) in [5, 5.41) is 0. The lowest BCUT2D eigenvalue weighted by molar-refractivity contribution is -0.121. The van der Waals surface area contributed by atoms with Gasteiger partial charge < -0.3 is 4.90 Å². The number of halogens is 2. The summed E-state index contributed by atoms with van der Waals surface area (Å²) in [6.45, 7) is 3.91. The number of carbonyl (C=O) groups is 1. The van der Waals surface area contributed by atoms with Crippen LogP contribution in [-0.4, -0.2) is 13.0 Å². The van der Waals surface area contributed by atoms with Gasteiger partial charge in [-0.3, -0.25) is 4.79 Å². The topological polar surface area (TPSA) is 20.3 Å². The number of benzene rings is 1. The molecule has 0 aliphatic carbocycles. The molecule has 1 heterocycles. The predicted molar refractivity (Wildman–Crippen MR) is 68.3 cm³/mol. The van der Waals surface area contributed by atoms with E-state index >= 15 is 0 Å². The molecule has 1 aliphatic rings. The molecular weight excluding hydrogens is 322 g/mol. The van der Waals surface area contributed by atoms with Crippen LogP contribution in [0.4, 0.5) is 5.69 Å². The third kappa shape index (κ3) is 1.46. The maximum absolute atomic E-state index is 12.0. The van der Waals surface area contributed by atoms with Crippen LogP contribution in [0.2, 0.25) is 0 Å². The first-order valence-corrected chi connectivity index (χ1v) is 6.22. The van der Waals surface area contributed by atoms with Gasteiger partial charge in [0.25, 0.3) is 0 Å². The number of amides is 1. The van der Waals surface area contributed by atoms with Gasteiger partial charge in [0.15, 0.2) is 0 Å². The number of hydrogen-bond acceptors (Lipinski definition) is 1. The lowest BCUT2D eigenvalue weighted by atomic mass is 9.86. The van der Waals surface area contributed by atoms with Crippen LogP contribution < -0.4 is 4.90 Å². The fraction of sp³-hybridized carbons (Fsp3) is 0.364. The van der Waals surface area contributed by atoms with Crippen molar-refractivity contribution in [2.45, 2.75) is 19.3 Å². The van der Waals surface area contributed by atoms with Crippen LogP contribution in [0.3, 0.4) is 0 Å². The Bertz CT molecular complexity index is 454. The Hall–Kier alpha value is -0.350. The van der Waals surface area contributed by atoms with Crippen molar-refractivity contribution in [3.8, 4) is 0 Å². The van der Waals surface area contributed by atoms with Gasteiger partial charge >= 0.3 is 0 Å². The van der Waals surface area contributed by atoms with E-state index < -0.39 is 5.41 Å². The van der Waals surface area contributed by atoms with Crippen molar-refractivity contribution in [2.75, 3.05) is 11.9 Å². The predicted octanol–water partition coefficient (Wildman–Crippen LogP) is 3.47. The number of rotatable bonds is 0. The fourth-order valence-electron chi connectivity index (χ4n) is 2.08. The monoisotopic (exact) mass is 331 g/mol. The molecule has 0 bridgehead atoms. The van der Waals surface area contributed by atoms with Crippen molar-refractivity contribution in [3.05, 3.63) is 26.6 Å². The Morgan fingerprint density at radius 1 is 1.27 bits per heavy atom. The second-order valence-electron chi connectivity index (χ2n) is 4.27. The highest BCUT2D eigenvalue weighted by atomic mass is 79.9. The quantitative estimate of drug-likeness (QED) is 0.712. The molecule has 0 saturated heterocycles. The van der Waals surface area contributed by atoms with E-state index in [0.29, 0.717) is 0 Å². The van der Waals surface area contributed by atoms with Gasteiger partial charge in [-0.1, -0.05) is 31.9 Å². The Labute approximate surface area is 106 Å². The van der Waals surface area contributed by atoms with Gasteiger partial charge in [0.05, 0.1) is 5.41 Å². The normalized spacial score (nSPS) is 18.2. The van der Waals surface area contributed by atoms with Crippen LogP contribution in [0.15, 0.2) is 21.1 Å². The summed E-state index contributed by atoms with van der Waals surface area (Å²) in [5.74, 6) is 0.135. The van der Waals surface area contributed by atoms with Crippen LogP contribution >= 0.6 is 31.9 Å². The van der Waals surface area contributed by atoms with Crippen molar-refractivity contribution < 1.29 is 4.79 Å². The molecule has 1 aromatic rings. The van der Waals surface area contributed by atoms with Crippen LogP contribution in [-0.2, 0) is 10.2 Å². The second-order valence-corrected chi connectivity index (χ2v) is 6.04. The van der Waals surface area contributed by atoms with Gasteiger partial charge in [0.1, 0.15) is 0 Å². The van der Waals surface area contributed by atoms with Gasteiger partial charge in [-0.2, -0.15) is 0 Å². The molecule has 2 nitrogen and oxygen atoms in total. The van der Waals surface area contributed by atoms with E-state index in [9.17, 15) is 4.79 Å². The zero-order valence-corrected chi connectivity index (χ0v) is 11.9. The van der Waals surface area contributed by atoms with E-state index in [1.165, 1.54) is 0 Å². The molecule has 0 N–H and O–H groups in total. The molecule has 0 aromatic heterocycles. The minimum atomic E-state index is -0.441. The molecule has 1 amide bonds. The summed E-state index contributed by atoms with van der Waals surface area (Å²) in [5.41, 5.74) is 1.60. The zero-order valence-electron chi connectivity index (χ0n) is 8.77. The molecule has 15 heavy (non-hydrogen) atoms. The highest BCUT2D eigenvalue weighted by Gasteiger charge is 2.43. The molecule has 4 heteroatoms. The highest BCUT2D eigenvalue weighted by Crippen LogP contribution is 2.46.